The van der Waals surface area contributed by atoms with Crippen molar-refractivity contribution < 1.29 is 19.4 Å². The molecular weight excluding hydrogens is 262 g/mol. The molecule has 1 saturated heterocycles. The van der Waals surface area contributed by atoms with E-state index in [9.17, 15) is 14.7 Å². The molecule has 1 atom stereocenters. The number of nitrogens with zero attached hydrogens (tertiary/aromatic N) is 1. The fraction of sp³-hybridized carbons (Fsp3) is 0.692. The van der Waals surface area contributed by atoms with Gasteiger partial charge in [-0.05, 0) is 12.5 Å². The second-order valence-electron chi connectivity index (χ2n) is 4.51. The number of rotatable bonds is 5. The Morgan fingerprint density at radius 1 is 1.40 bits per heavy atom. The summed E-state index contributed by atoms with van der Waals surface area (Å²) >= 11 is 0. The van der Waals surface area contributed by atoms with Crippen LogP contribution in [-0.4, -0.2) is 61.3 Å². The van der Waals surface area contributed by atoms with E-state index in [0.717, 1.165) is 0 Å². The number of hydrogen-bond acceptors (Lipinski definition) is 4. The van der Waals surface area contributed by atoms with E-state index in [1.165, 1.54) is 7.05 Å². The van der Waals surface area contributed by atoms with Crippen molar-refractivity contribution in [1.82, 2.24) is 15.5 Å². The van der Waals surface area contributed by atoms with Crippen molar-refractivity contribution in [3.8, 4) is 0 Å². The Kier molecular flexibility index (Phi) is 6.86. The molecule has 0 saturated carbocycles. The molecule has 20 heavy (non-hydrogen) atoms. The van der Waals surface area contributed by atoms with Crippen molar-refractivity contribution in [2.24, 2.45) is 0 Å². The molecule has 7 heteroatoms. The van der Waals surface area contributed by atoms with E-state index in [-0.39, 0.29) is 18.1 Å². The second kappa shape index (κ2) is 8.42. The van der Waals surface area contributed by atoms with E-state index >= 15 is 0 Å². The molecule has 0 aliphatic carbocycles. The van der Waals surface area contributed by atoms with Gasteiger partial charge in [-0.15, -0.1) is 0 Å². The quantitative estimate of drug-likeness (QED) is 0.637. The molecule has 1 rings (SSSR count). The van der Waals surface area contributed by atoms with Gasteiger partial charge in [-0.2, -0.15) is 0 Å². The largest absolute Gasteiger partial charge is 0.510 e. The van der Waals surface area contributed by atoms with Crippen LogP contribution in [0.15, 0.2) is 11.8 Å². The number of ether oxygens (including phenoxy) is 1. The molecule has 0 spiro atoms. The SMILES string of the molecule is CCC=C(O)[C@@H](CC(=O)N1CCOCC1)NC(=O)NC. The summed E-state index contributed by atoms with van der Waals surface area (Å²) in [6.45, 7) is 4.01. The zero-order valence-electron chi connectivity index (χ0n) is 12.0. The van der Waals surface area contributed by atoms with Crippen molar-refractivity contribution in [3.63, 3.8) is 0 Å². The normalized spacial score (nSPS) is 17.5. The lowest BCUT2D eigenvalue weighted by Crippen LogP contribution is -2.47. The molecule has 1 heterocycles. The average Bonchev–Trinajstić information content (AvgIpc) is 2.47. The highest BCUT2D eigenvalue weighted by atomic mass is 16.5. The molecule has 0 bridgehead atoms. The van der Waals surface area contributed by atoms with Gasteiger partial charge in [0.15, 0.2) is 0 Å². The van der Waals surface area contributed by atoms with E-state index in [2.05, 4.69) is 10.6 Å². The van der Waals surface area contributed by atoms with Crippen LogP contribution in [0.25, 0.3) is 0 Å². The Hall–Kier alpha value is -1.76. The lowest BCUT2D eigenvalue weighted by Gasteiger charge is -2.28. The van der Waals surface area contributed by atoms with Gasteiger partial charge in [0.25, 0.3) is 0 Å². The van der Waals surface area contributed by atoms with Gasteiger partial charge in [0, 0.05) is 20.1 Å². The maximum atomic E-state index is 12.1. The average molecular weight is 285 g/mol. The number of urea groups is 1. The molecule has 0 unspecified atom stereocenters. The third-order valence-corrected chi connectivity index (χ3v) is 3.05. The third kappa shape index (κ3) is 5.08. The minimum atomic E-state index is -0.703. The minimum Gasteiger partial charge on any atom is -0.510 e. The van der Waals surface area contributed by atoms with E-state index in [0.29, 0.717) is 32.7 Å². The Labute approximate surface area is 119 Å². The van der Waals surface area contributed by atoms with Crippen LogP contribution in [-0.2, 0) is 9.53 Å². The van der Waals surface area contributed by atoms with Crippen molar-refractivity contribution in [2.45, 2.75) is 25.8 Å². The van der Waals surface area contributed by atoms with Crippen LogP contribution in [0.5, 0.6) is 0 Å². The molecule has 0 aromatic heterocycles. The molecule has 3 amide bonds. The van der Waals surface area contributed by atoms with Crippen molar-refractivity contribution in [1.29, 1.82) is 0 Å². The highest BCUT2D eigenvalue weighted by Gasteiger charge is 2.24. The number of allylic oxidation sites excluding steroid dienone is 1. The predicted octanol–water partition coefficient (Wildman–Crippen LogP) is 0.385. The first kappa shape index (κ1) is 16.3. The number of hydrogen-bond donors (Lipinski definition) is 3. The monoisotopic (exact) mass is 285 g/mol. The second-order valence-corrected chi connectivity index (χ2v) is 4.51. The maximum Gasteiger partial charge on any atom is 0.315 e. The molecule has 1 aliphatic rings. The van der Waals surface area contributed by atoms with E-state index < -0.39 is 12.1 Å². The Bertz CT molecular complexity index is 365. The summed E-state index contributed by atoms with van der Waals surface area (Å²) < 4.78 is 5.19. The lowest BCUT2D eigenvalue weighted by atomic mass is 10.1. The molecule has 0 radical (unpaired) electrons. The maximum absolute atomic E-state index is 12.1. The summed E-state index contributed by atoms with van der Waals surface area (Å²) in [6.07, 6.45) is 2.26. The standard InChI is InChI=1S/C13H23N3O4/c1-3-4-11(17)10(15-13(19)14-2)9-12(18)16-5-7-20-8-6-16/h4,10,17H,3,5-9H2,1-2H3,(H2,14,15,19)/t10-/m1/s1. The number of carbonyl (C=O) groups is 2. The van der Waals surface area contributed by atoms with Crippen LogP contribution >= 0.6 is 0 Å². The number of morpholine rings is 1. The van der Waals surface area contributed by atoms with Crippen LogP contribution in [0, 0.1) is 0 Å². The summed E-state index contributed by atoms with van der Waals surface area (Å²) in [5.41, 5.74) is 0. The summed E-state index contributed by atoms with van der Waals surface area (Å²) in [5.74, 6) is -0.0940. The molecule has 114 valence electrons. The van der Waals surface area contributed by atoms with E-state index in [1.807, 2.05) is 6.92 Å². The molecule has 0 aromatic rings. The van der Waals surface area contributed by atoms with Crippen molar-refractivity contribution in [3.05, 3.63) is 11.8 Å². The van der Waals surface area contributed by atoms with Gasteiger partial charge in [-0.25, -0.2) is 4.79 Å². The minimum absolute atomic E-state index is 0.0118. The summed E-state index contributed by atoms with van der Waals surface area (Å²) in [6, 6.07) is -1.13. The molecule has 0 aromatic carbocycles. The number of nitrogens with one attached hydrogen (secondary N) is 2. The Morgan fingerprint density at radius 2 is 2.05 bits per heavy atom. The molecular formula is C13H23N3O4. The van der Waals surface area contributed by atoms with Crippen LogP contribution < -0.4 is 10.6 Å². The first-order chi connectivity index (χ1) is 9.58. The van der Waals surface area contributed by atoms with Gasteiger partial charge in [0.1, 0.15) is 5.76 Å². The van der Waals surface area contributed by atoms with Crippen molar-refractivity contribution >= 4 is 11.9 Å². The highest BCUT2D eigenvalue weighted by Crippen LogP contribution is 2.09. The van der Waals surface area contributed by atoms with Crippen LogP contribution in [0.1, 0.15) is 19.8 Å². The fourth-order valence-corrected chi connectivity index (χ4v) is 1.93. The molecule has 7 nitrogen and oxygen atoms in total. The van der Waals surface area contributed by atoms with Gasteiger partial charge >= 0.3 is 6.03 Å². The molecule has 1 fully saturated rings. The van der Waals surface area contributed by atoms with Gasteiger partial charge < -0.3 is 25.4 Å². The summed E-state index contributed by atoms with van der Waals surface area (Å²) in [5, 5.41) is 14.9. The van der Waals surface area contributed by atoms with Gasteiger partial charge in [0.05, 0.1) is 25.7 Å². The molecule has 1 aliphatic heterocycles. The van der Waals surface area contributed by atoms with E-state index in [4.69, 9.17) is 4.74 Å². The smallest absolute Gasteiger partial charge is 0.315 e. The first-order valence-electron chi connectivity index (χ1n) is 6.81. The third-order valence-electron chi connectivity index (χ3n) is 3.05. The summed E-state index contributed by atoms with van der Waals surface area (Å²) in [7, 11) is 1.48. The fourth-order valence-electron chi connectivity index (χ4n) is 1.93. The van der Waals surface area contributed by atoms with Crippen molar-refractivity contribution in [2.75, 3.05) is 33.4 Å². The van der Waals surface area contributed by atoms with Gasteiger partial charge in [-0.1, -0.05) is 6.92 Å². The lowest BCUT2D eigenvalue weighted by molar-refractivity contribution is -0.135. The van der Waals surface area contributed by atoms with E-state index in [1.54, 1.807) is 11.0 Å². The summed E-state index contributed by atoms with van der Waals surface area (Å²) in [4.78, 5) is 25.2. The highest BCUT2D eigenvalue weighted by molar-refractivity contribution is 5.79. The topological polar surface area (TPSA) is 90.9 Å². The number of amides is 3. The number of aliphatic hydroxyl groups excluding tert-OH is 1. The number of carbonyl (C=O) groups excluding carboxylic acids is 2. The van der Waals surface area contributed by atoms with Gasteiger partial charge in [0.2, 0.25) is 5.91 Å². The zero-order chi connectivity index (χ0) is 15.0. The zero-order valence-corrected chi connectivity index (χ0v) is 12.0. The first-order valence-corrected chi connectivity index (χ1v) is 6.81. The van der Waals surface area contributed by atoms with Crippen LogP contribution in [0.3, 0.4) is 0 Å². The predicted molar refractivity (Wildman–Crippen MR) is 74.4 cm³/mol. The Balaban J connectivity index is 2.64. The van der Waals surface area contributed by atoms with Crippen LogP contribution in [0.4, 0.5) is 4.79 Å². The molecule has 3 N–H and O–H groups in total. The van der Waals surface area contributed by atoms with Crippen LogP contribution in [0.2, 0.25) is 0 Å². The van der Waals surface area contributed by atoms with Gasteiger partial charge in [-0.3, -0.25) is 4.79 Å². The number of aliphatic hydroxyl groups is 1. The Morgan fingerprint density at radius 3 is 2.60 bits per heavy atom.